The van der Waals surface area contributed by atoms with Gasteiger partial charge in [0.15, 0.2) is 0 Å². The SMILES string of the molecule is Cc1cccc(N2C(=O)CS[C@]23C(=O)N(Cc2ccc(F)cc2)c2ccccc23)c1. The molecule has 5 rings (SSSR count). The summed E-state index contributed by atoms with van der Waals surface area (Å²) in [5, 5.41) is 0. The average Bonchev–Trinajstić information content (AvgIpc) is 3.21. The second-order valence-corrected chi connectivity index (χ2v) is 8.70. The Morgan fingerprint density at radius 3 is 2.53 bits per heavy atom. The van der Waals surface area contributed by atoms with Crippen molar-refractivity contribution in [3.05, 3.63) is 95.3 Å². The topological polar surface area (TPSA) is 40.6 Å². The van der Waals surface area contributed by atoms with Crippen LogP contribution in [0.25, 0.3) is 0 Å². The lowest BCUT2D eigenvalue weighted by Gasteiger charge is -2.33. The third-order valence-electron chi connectivity index (χ3n) is 5.58. The number of amides is 2. The van der Waals surface area contributed by atoms with E-state index in [1.54, 1.807) is 21.9 Å². The summed E-state index contributed by atoms with van der Waals surface area (Å²) in [5.41, 5.74) is 4.17. The summed E-state index contributed by atoms with van der Waals surface area (Å²) in [4.78, 5) is 29.1. The molecule has 3 aromatic carbocycles. The van der Waals surface area contributed by atoms with Gasteiger partial charge < -0.3 is 4.90 Å². The lowest BCUT2D eigenvalue weighted by atomic mass is 10.0. The second kappa shape index (κ2) is 6.99. The first-order valence-electron chi connectivity index (χ1n) is 9.70. The van der Waals surface area contributed by atoms with E-state index in [1.807, 2.05) is 55.5 Å². The van der Waals surface area contributed by atoms with Crippen molar-refractivity contribution in [1.82, 2.24) is 0 Å². The smallest absolute Gasteiger partial charge is 0.269 e. The molecule has 1 fully saturated rings. The summed E-state index contributed by atoms with van der Waals surface area (Å²) in [6.07, 6.45) is 0. The number of carbonyl (C=O) groups is 2. The Morgan fingerprint density at radius 1 is 1.00 bits per heavy atom. The summed E-state index contributed by atoms with van der Waals surface area (Å²) in [6.45, 7) is 2.28. The van der Waals surface area contributed by atoms with Crippen LogP contribution in [0.5, 0.6) is 0 Å². The number of anilines is 2. The number of carbonyl (C=O) groups excluding carboxylic acids is 2. The maximum atomic E-state index is 13.9. The highest BCUT2D eigenvalue weighted by atomic mass is 32.2. The molecular formula is C24H19FN2O2S. The molecule has 30 heavy (non-hydrogen) atoms. The second-order valence-electron chi connectivity index (χ2n) is 7.54. The van der Waals surface area contributed by atoms with Gasteiger partial charge in [0.1, 0.15) is 5.82 Å². The Morgan fingerprint density at radius 2 is 1.77 bits per heavy atom. The Hall–Kier alpha value is -3.12. The first-order chi connectivity index (χ1) is 14.5. The van der Waals surface area contributed by atoms with Gasteiger partial charge in [-0.05, 0) is 48.4 Å². The number of rotatable bonds is 3. The molecule has 0 aliphatic carbocycles. The van der Waals surface area contributed by atoms with Gasteiger partial charge in [-0.15, -0.1) is 11.8 Å². The highest BCUT2D eigenvalue weighted by Gasteiger charge is 2.60. The van der Waals surface area contributed by atoms with Gasteiger partial charge in [-0.3, -0.25) is 14.5 Å². The highest BCUT2D eigenvalue weighted by molar-refractivity contribution is 8.02. The van der Waals surface area contributed by atoms with Crippen LogP contribution < -0.4 is 9.80 Å². The zero-order valence-corrected chi connectivity index (χ0v) is 17.2. The largest absolute Gasteiger partial charge is 0.304 e. The predicted octanol–water partition coefficient (Wildman–Crippen LogP) is 4.61. The third kappa shape index (κ3) is 2.75. The van der Waals surface area contributed by atoms with Gasteiger partial charge in [0.25, 0.3) is 5.91 Å². The number of fused-ring (bicyclic) bond motifs is 2. The van der Waals surface area contributed by atoms with Crippen LogP contribution in [0.1, 0.15) is 16.7 Å². The number of hydrogen-bond donors (Lipinski definition) is 0. The number of hydrogen-bond acceptors (Lipinski definition) is 3. The molecular weight excluding hydrogens is 399 g/mol. The number of thioether (sulfide) groups is 1. The van der Waals surface area contributed by atoms with Crippen LogP contribution in [-0.2, 0) is 21.0 Å². The normalized spacial score (nSPS) is 20.3. The Balaban J connectivity index is 1.64. The van der Waals surface area contributed by atoms with E-state index in [-0.39, 0.29) is 23.4 Å². The minimum Gasteiger partial charge on any atom is -0.304 e. The van der Waals surface area contributed by atoms with Gasteiger partial charge in [-0.25, -0.2) is 4.39 Å². The quantitative estimate of drug-likeness (QED) is 0.624. The third-order valence-corrected chi connectivity index (χ3v) is 6.96. The molecule has 1 saturated heterocycles. The molecule has 2 heterocycles. The van der Waals surface area contributed by atoms with E-state index in [0.29, 0.717) is 6.54 Å². The van der Waals surface area contributed by atoms with Gasteiger partial charge >= 0.3 is 0 Å². The Kier molecular flexibility index (Phi) is 4.40. The molecule has 6 heteroatoms. The summed E-state index contributed by atoms with van der Waals surface area (Å²) < 4.78 is 13.3. The van der Waals surface area contributed by atoms with Crippen molar-refractivity contribution in [3.63, 3.8) is 0 Å². The molecule has 0 N–H and O–H groups in total. The molecule has 0 unspecified atom stereocenters. The first-order valence-corrected chi connectivity index (χ1v) is 10.7. The van der Waals surface area contributed by atoms with Crippen molar-refractivity contribution >= 4 is 35.0 Å². The Bertz CT molecular complexity index is 1160. The van der Waals surface area contributed by atoms with E-state index in [2.05, 4.69) is 0 Å². The number of benzene rings is 3. The number of para-hydroxylation sites is 1. The lowest BCUT2D eigenvalue weighted by molar-refractivity contribution is -0.123. The predicted molar refractivity (Wildman–Crippen MR) is 117 cm³/mol. The number of halogens is 1. The molecule has 2 aliphatic rings. The van der Waals surface area contributed by atoms with Crippen LogP contribution in [-0.4, -0.2) is 17.6 Å². The minimum absolute atomic E-state index is 0.0858. The van der Waals surface area contributed by atoms with Gasteiger partial charge in [-0.1, -0.05) is 42.5 Å². The van der Waals surface area contributed by atoms with E-state index in [0.717, 1.165) is 28.1 Å². The standard InChI is InChI=1S/C24H19FN2O2S/c1-16-5-4-6-19(13-16)27-22(28)15-30-24(27)20-7-2-3-8-21(20)26(23(24)29)14-17-9-11-18(25)12-10-17/h2-13H,14-15H2,1H3/t24-/m1/s1. The zero-order chi connectivity index (χ0) is 20.9. The molecule has 0 aromatic heterocycles. The van der Waals surface area contributed by atoms with Gasteiger partial charge in [0.2, 0.25) is 10.8 Å². The Labute approximate surface area is 178 Å². The van der Waals surface area contributed by atoms with Crippen LogP contribution in [0.15, 0.2) is 72.8 Å². The number of nitrogens with zero attached hydrogens (tertiary/aromatic N) is 2. The fourth-order valence-electron chi connectivity index (χ4n) is 4.25. The molecule has 1 atom stereocenters. The maximum absolute atomic E-state index is 13.9. The van der Waals surface area contributed by atoms with Crippen molar-refractivity contribution in [1.29, 1.82) is 0 Å². The van der Waals surface area contributed by atoms with Crippen molar-refractivity contribution in [2.75, 3.05) is 15.6 Å². The summed E-state index contributed by atoms with van der Waals surface area (Å²) in [5.74, 6) is -0.313. The van der Waals surface area contributed by atoms with E-state index < -0.39 is 4.87 Å². The molecule has 0 bridgehead atoms. The summed E-state index contributed by atoms with van der Waals surface area (Å²) in [6, 6.07) is 21.4. The zero-order valence-electron chi connectivity index (χ0n) is 16.3. The highest BCUT2D eigenvalue weighted by Crippen LogP contribution is 2.55. The van der Waals surface area contributed by atoms with E-state index in [9.17, 15) is 14.0 Å². The van der Waals surface area contributed by atoms with Crippen molar-refractivity contribution in [2.24, 2.45) is 0 Å². The summed E-state index contributed by atoms with van der Waals surface area (Å²) >= 11 is 1.36. The van der Waals surface area contributed by atoms with Crippen LogP contribution >= 0.6 is 11.8 Å². The number of aryl methyl sites for hydroxylation is 1. The molecule has 3 aromatic rings. The molecule has 0 saturated carbocycles. The van der Waals surface area contributed by atoms with Crippen LogP contribution in [0, 0.1) is 12.7 Å². The van der Waals surface area contributed by atoms with E-state index in [1.165, 1.54) is 23.9 Å². The van der Waals surface area contributed by atoms with Crippen molar-refractivity contribution < 1.29 is 14.0 Å². The average molecular weight is 418 g/mol. The minimum atomic E-state index is -1.12. The monoisotopic (exact) mass is 418 g/mol. The van der Waals surface area contributed by atoms with Crippen molar-refractivity contribution in [3.8, 4) is 0 Å². The lowest BCUT2D eigenvalue weighted by Crippen LogP contribution is -2.49. The van der Waals surface area contributed by atoms with Gasteiger partial charge in [-0.2, -0.15) is 0 Å². The molecule has 1 spiro atoms. The van der Waals surface area contributed by atoms with Gasteiger partial charge in [0.05, 0.1) is 18.0 Å². The molecule has 4 nitrogen and oxygen atoms in total. The van der Waals surface area contributed by atoms with Crippen LogP contribution in [0.2, 0.25) is 0 Å². The van der Waals surface area contributed by atoms with Crippen LogP contribution in [0.3, 0.4) is 0 Å². The van der Waals surface area contributed by atoms with Crippen molar-refractivity contribution in [2.45, 2.75) is 18.3 Å². The van der Waals surface area contributed by atoms with E-state index >= 15 is 0 Å². The molecule has 2 amide bonds. The van der Waals surface area contributed by atoms with Crippen LogP contribution in [0.4, 0.5) is 15.8 Å². The molecule has 150 valence electrons. The van der Waals surface area contributed by atoms with Gasteiger partial charge in [0, 0.05) is 11.3 Å². The molecule has 2 aliphatic heterocycles. The summed E-state index contributed by atoms with van der Waals surface area (Å²) in [7, 11) is 0. The fourth-order valence-corrected chi connectivity index (χ4v) is 5.61. The van der Waals surface area contributed by atoms with E-state index in [4.69, 9.17) is 0 Å². The fraction of sp³-hybridized carbons (Fsp3) is 0.167. The molecule has 0 radical (unpaired) electrons. The first kappa shape index (κ1) is 18.9. The maximum Gasteiger partial charge on any atom is 0.269 e.